The molecule has 4 unspecified atom stereocenters. The van der Waals surface area contributed by atoms with Crippen molar-refractivity contribution in [2.75, 3.05) is 19.8 Å². The Morgan fingerprint density at radius 1 is 1.25 bits per heavy atom. The molecule has 1 saturated carbocycles. The van der Waals surface area contributed by atoms with Gasteiger partial charge in [-0.05, 0) is 18.3 Å². The summed E-state index contributed by atoms with van der Waals surface area (Å²) in [7, 11) is 0. The smallest absolute Gasteiger partial charge is 0.0962 e. The van der Waals surface area contributed by atoms with Crippen LogP contribution < -0.4 is 5.73 Å². The van der Waals surface area contributed by atoms with E-state index in [1.165, 1.54) is 32.1 Å². The second kappa shape index (κ2) is 5.99. The SMILES string of the molecule is CCC1CCCCC1C(N)C1COCCO1. The molecule has 3 heteroatoms. The van der Waals surface area contributed by atoms with Crippen molar-refractivity contribution in [3.8, 4) is 0 Å². The summed E-state index contributed by atoms with van der Waals surface area (Å²) in [6, 6.07) is 0.172. The Morgan fingerprint density at radius 2 is 2.06 bits per heavy atom. The minimum Gasteiger partial charge on any atom is -0.376 e. The lowest BCUT2D eigenvalue weighted by atomic mass is 9.73. The third-order valence-electron chi connectivity index (χ3n) is 4.26. The van der Waals surface area contributed by atoms with Gasteiger partial charge in [0.05, 0.1) is 25.9 Å². The third-order valence-corrected chi connectivity index (χ3v) is 4.26. The van der Waals surface area contributed by atoms with Crippen LogP contribution in [-0.4, -0.2) is 32.0 Å². The van der Waals surface area contributed by atoms with Gasteiger partial charge in [-0.25, -0.2) is 0 Å². The molecule has 3 nitrogen and oxygen atoms in total. The third kappa shape index (κ3) is 2.76. The molecule has 1 aliphatic heterocycles. The number of hydrogen-bond donors (Lipinski definition) is 1. The number of rotatable bonds is 3. The van der Waals surface area contributed by atoms with E-state index >= 15 is 0 Å². The van der Waals surface area contributed by atoms with Crippen molar-refractivity contribution in [3.05, 3.63) is 0 Å². The van der Waals surface area contributed by atoms with E-state index in [0.29, 0.717) is 19.1 Å². The molecule has 2 fully saturated rings. The fourth-order valence-corrected chi connectivity index (χ4v) is 3.25. The highest BCUT2D eigenvalue weighted by Gasteiger charge is 2.34. The molecule has 0 radical (unpaired) electrons. The maximum Gasteiger partial charge on any atom is 0.0962 e. The van der Waals surface area contributed by atoms with Gasteiger partial charge in [0.1, 0.15) is 0 Å². The topological polar surface area (TPSA) is 44.5 Å². The summed E-state index contributed by atoms with van der Waals surface area (Å²) in [5, 5.41) is 0. The Morgan fingerprint density at radius 3 is 2.75 bits per heavy atom. The van der Waals surface area contributed by atoms with Crippen LogP contribution in [0, 0.1) is 11.8 Å². The molecule has 2 N–H and O–H groups in total. The van der Waals surface area contributed by atoms with Crippen LogP contribution in [0.15, 0.2) is 0 Å². The molecule has 0 amide bonds. The van der Waals surface area contributed by atoms with Gasteiger partial charge in [-0.1, -0.05) is 32.6 Å². The molecule has 0 spiro atoms. The first-order chi connectivity index (χ1) is 7.83. The van der Waals surface area contributed by atoms with E-state index in [0.717, 1.165) is 12.5 Å². The Kier molecular flexibility index (Phi) is 4.62. The van der Waals surface area contributed by atoms with Crippen molar-refractivity contribution in [3.63, 3.8) is 0 Å². The second-order valence-corrected chi connectivity index (χ2v) is 5.18. The lowest BCUT2D eigenvalue weighted by Gasteiger charge is -2.39. The quantitative estimate of drug-likeness (QED) is 0.801. The van der Waals surface area contributed by atoms with Gasteiger partial charge in [-0.2, -0.15) is 0 Å². The van der Waals surface area contributed by atoms with E-state index in [1.807, 2.05) is 0 Å². The van der Waals surface area contributed by atoms with Crippen molar-refractivity contribution >= 4 is 0 Å². The average molecular weight is 227 g/mol. The number of hydrogen-bond acceptors (Lipinski definition) is 3. The predicted molar refractivity (Wildman–Crippen MR) is 64.3 cm³/mol. The lowest BCUT2D eigenvalue weighted by Crippen LogP contribution is -2.50. The minimum absolute atomic E-state index is 0.130. The lowest BCUT2D eigenvalue weighted by molar-refractivity contribution is -0.108. The van der Waals surface area contributed by atoms with E-state index in [1.54, 1.807) is 0 Å². The summed E-state index contributed by atoms with van der Waals surface area (Å²) in [6.07, 6.45) is 6.73. The van der Waals surface area contributed by atoms with Crippen LogP contribution in [0.5, 0.6) is 0 Å². The van der Waals surface area contributed by atoms with Gasteiger partial charge in [0.15, 0.2) is 0 Å². The normalized spacial score (nSPS) is 38.2. The highest BCUT2D eigenvalue weighted by Crippen LogP contribution is 2.35. The molecule has 0 aromatic rings. The fourth-order valence-electron chi connectivity index (χ4n) is 3.25. The fraction of sp³-hybridized carbons (Fsp3) is 1.00. The van der Waals surface area contributed by atoms with Crippen molar-refractivity contribution in [1.29, 1.82) is 0 Å². The Labute approximate surface area is 98.7 Å². The monoisotopic (exact) mass is 227 g/mol. The van der Waals surface area contributed by atoms with Crippen molar-refractivity contribution in [1.82, 2.24) is 0 Å². The molecular weight excluding hydrogens is 202 g/mol. The maximum atomic E-state index is 6.38. The second-order valence-electron chi connectivity index (χ2n) is 5.18. The van der Waals surface area contributed by atoms with Gasteiger partial charge in [-0.15, -0.1) is 0 Å². The van der Waals surface area contributed by atoms with Gasteiger partial charge < -0.3 is 15.2 Å². The minimum atomic E-state index is 0.130. The summed E-state index contributed by atoms with van der Waals surface area (Å²) in [5.74, 6) is 1.44. The number of ether oxygens (including phenoxy) is 2. The van der Waals surface area contributed by atoms with Gasteiger partial charge in [0.2, 0.25) is 0 Å². The van der Waals surface area contributed by atoms with E-state index in [9.17, 15) is 0 Å². The summed E-state index contributed by atoms with van der Waals surface area (Å²) in [5.41, 5.74) is 6.38. The summed E-state index contributed by atoms with van der Waals surface area (Å²) in [6.45, 7) is 4.41. The van der Waals surface area contributed by atoms with Crippen LogP contribution in [0.1, 0.15) is 39.0 Å². The molecule has 0 aromatic heterocycles. The summed E-state index contributed by atoms with van der Waals surface area (Å²) < 4.78 is 11.2. The van der Waals surface area contributed by atoms with Crippen molar-refractivity contribution in [2.45, 2.75) is 51.2 Å². The molecule has 0 aromatic carbocycles. The van der Waals surface area contributed by atoms with Crippen LogP contribution >= 0.6 is 0 Å². The van der Waals surface area contributed by atoms with Crippen molar-refractivity contribution < 1.29 is 9.47 Å². The maximum absolute atomic E-state index is 6.38. The van der Waals surface area contributed by atoms with Crippen LogP contribution in [-0.2, 0) is 9.47 Å². The molecule has 2 rings (SSSR count). The zero-order valence-electron chi connectivity index (χ0n) is 10.4. The molecule has 2 aliphatic rings. The van der Waals surface area contributed by atoms with Crippen LogP contribution in [0.3, 0.4) is 0 Å². The largest absolute Gasteiger partial charge is 0.376 e. The van der Waals surface area contributed by atoms with Gasteiger partial charge in [-0.3, -0.25) is 0 Å². The van der Waals surface area contributed by atoms with E-state index in [4.69, 9.17) is 15.2 Å². The molecule has 4 atom stereocenters. The van der Waals surface area contributed by atoms with Gasteiger partial charge in [0, 0.05) is 6.04 Å². The summed E-state index contributed by atoms with van der Waals surface area (Å²) in [4.78, 5) is 0. The van der Waals surface area contributed by atoms with E-state index in [-0.39, 0.29) is 12.1 Å². The van der Waals surface area contributed by atoms with Crippen LogP contribution in [0.2, 0.25) is 0 Å². The summed E-state index contributed by atoms with van der Waals surface area (Å²) >= 11 is 0. The Bertz CT molecular complexity index is 204. The zero-order valence-corrected chi connectivity index (χ0v) is 10.4. The highest BCUT2D eigenvalue weighted by atomic mass is 16.6. The molecule has 1 heterocycles. The average Bonchev–Trinajstić information content (AvgIpc) is 2.39. The molecular formula is C13H25NO2. The Hall–Kier alpha value is -0.120. The zero-order chi connectivity index (χ0) is 11.4. The van der Waals surface area contributed by atoms with E-state index < -0.39 is 0 Å². The first-order valence-corrected chi connectivity index (χ1v) is 6.78. The number of nitrogens with two attached hydrogens (primary N) is 1. The standard InChI is InChI=1S/C13H25NO2/c1-2-10-5-3-4-6-11(10)13(14)12-9-15-7-8-16-12/h10-13H,2-9,14H2,1H3. The highest BCUT2D eigenvalue weighted by molar-refractivity contribution is 4.88. The van der Waals surface area contributed by atoms with Crippen molar-refractivity contribution in [2.24, 2.45) is 17.6 Å². The first-order valence-electron chi connectivity index (χ1n) is 6.78. The predicted octanol–water partition coefficient (Wildman–Crippen LogP) is 1.95. The van der Waals surface area contributed by atoms with Crippen LogP contribution in [0.25, 0.3) is 0 Å². The van der Waals surface area contributed by atoms with E-state index in [2.05, 4.69) is 6.92 Å². The first kappa shape index (κ1) is 12.3. The van der Waals surface area contributed by atoms with Gasteiger partial charge >= 0.3 is 0 Å². The molecule has 1 aliphatic carbocycles. The molecule has 16 heavy (non-hydrogen) atoms. The molecule has 0 bridgehead atoms. The Balaban J connectivity index is 1.92. The molecule has 94 valence electrons. The van der Waals surface area contributed by atoms with Crippen LogP contribution in [0.4, 0.5) is 0 Å². The van der Waals surface area contributed by atoms with Gasteiger partial charge in [0.25, 0.3) is 0 Å². The molecule has 1 saturated heterocycles.